The molecule has 1 aliphatic carbocycles. The quantitative estimate of drug-likeness (QED) is 0.820. The van der Waals surface area contributed by atoms with E-state index in [9.17, 15) is 0 Å². The van der Waals surface area contributed by atoms with Crippen molar-refractivity contribution in [1.82, 2.24) is 0 Å². The molecule has 2 aromatic carbocycles. The van der Waals surface area contributed by atoms with Crippen LogP contribution in [0.25, 0.3) is 0 Å². The minimum absolute atomic E-state index is 0.413. The van der Waals surface area contributed by atoms with Gasteiger partial charge in [-0.3, -0.25) is 0 Å². The maximum Gasteiger partial charge on any atom is 0.141 e. The topological polar surface area (TPSA) is 30.5 Å². The molecule has 0 saturated heterocycles. The molecule has 0 unspecified atom stereocenters. The van der Waals surface area contributed by atoms with Gasteiger partial charge in [-0.2, -0.15) is 0 Å². The van der Waals surface area contributed by atoms with Crippen LogP contribution in [0, 0.1) is 6.92 Å². The highest BCUT2D eigenvalue weighted by Crippen LogP contribution is 2.27. The number of rotatable bonds is 6. The van der Waals surface area contributed by atoms with Crippen molar-refractivity contribution in [2.45, 2.75) is 45.3 Å². The smallest absolute Gasteiger partial charge is 0.141 e. The molecule has 1 saturated carbocycles. The minimum atomic E-state index is 0.413. The Kier molecular flexibility index (Phi) is 5.06. The van der Waals surface area contributed by atoms with Crippen molar-refractivity contribution in [3.8, 4) is 11.5 Å². The summed E-state index contributed by atoms with van der Waals surface area (Å²) in [6.45, 7) is 2.85. The van der Waals surface area contributed by atoms with E-state index in [-0.39, 0.29) is 0 Å². The van der Waals surface area contributed by atoms with Gasteiger partial charge in [0, 0.05) is 6.54 Å². The summed E-state index contributed by atoms with van der Waals surface area (Å²) in [6.07, 6.45) is 5.39. The number of benzene rings is 2. The first-order valence-corrected chi connectivity index (χ1v) is 8.39. The van der Waals surface area contributed by atoms with E-state index in [0.717, 1.165) is 23.7 Å². The summed E-state index contributed by atoms with van der Waals surface area (Å²) in [5, 5.41) is 3.45. The lowest BCUT2D eigenvalue weighted by Gasteiger charge is -2.14. The molecule has 23 heavy (non-hydrogen) atoms. The van der Waals surface area contributed by atoms with Gasteiger partial charge in [0.1, 0.15) is 11.5 Å². The predicted molar refractivity (Wildman–Crippen MR) is 94.4 cm³/mol. The van der Waals surface area contributed by atoms with Crippen LogP contribution < -0.4 is 14.8 Å². The molecule has 0 heterocycles. The van der Waals surface area contributed by atoms with E-state index >= 15 is 0 Å². The number of hydrogen-bond donors (Lipinski definition) is 1. The molecule has 3 nitrogen and oxygen atoms in total. The van der Waals surface area contributed by atoms with Crippen molar-refractivity contribution >= 4 is 5.69 Å². The fourth-order valence-corrected chi connectivity index (χ4v) is 3.04. The van der Waals surface area contributed by atoms with Crippen molar-refractivity contribution < 1.29 is 9.47 Å². The second-order valence-electron chi connectivity index (χ2n) is 6.23. The van der Waals surface area contributed by atoms with E-state index in [4.69, 9.17) is 9.47 Å². The van der Waals surface area contributed by atoms with Crippen LogP contribution in [0.15, 0.2) is 42.5 Å². The van der Waals surface area contributed by atoms with Crippen LogP contribution in [-0.2, 0) is 6.54 Å². The van der Waals surface area contributed by atoms with E-state index in [0.29, 0.717) is 6.10 Å². The number of methoxy groups -OCH3 is 1. The Hall–Kier alpha value is -2.16. The van der Waals surface area contributed by atoms with Gasteiger partial charge in [0.25, 0.3) is 0 Å². The highest BCUT2D eigenvalue weighted by molar-refractivity contribution is 5.58. The first-order valence-electron chi connectivity index (χ1n) is 8.39. The van der Waals surface area contributed by atoms with Crippen LogP contribution in [0.5, 0.6) is 11.5 Å². The molecule has 0 bridgehead atoms. The Bertz CT molecular complexity index is 631. The lowest BCUT2D eigenvalue weighted by Crippen LogP contribution is -2.10. The molecule has 1 N–H and O–H groups in total. The zero-order chi connectivity index (χ0) is 16.1. The van der Waals surface area contributed by atoms with Crippen LogP contribution in [0.1, 0.15) is 36.8 Å². The van der Waals surface area contributed by atoms with E-state index in [1.807, 2.05) is 6.07 Å². The Balaban J connectivity index is 1.59. The standard InChI is InChI=1S/C20H25NO2/c1-15-7-12-20(22-2)19(13-15)21-14-16-8-10-18(11-9-16)23-17-5-3-4-6-17/h7-13,17,21H,3-6,14H2,1-2H3. The first kappa shape index (κ1) is 15.7. The van der Waals surface area contributed by atoms with Gasteiger partial charge in [-0.15, -0.1) is 0 Å². The van der Waals surface area contributed by atoms with Crippen LogP contribution in [0.4, 0.5) is 5.69 Å². The summed E-state index contributed by atoms with van der Waals surface area (Å²) < 4.78 is 11.4. The largest absolute Gasteiger partial charge is 0.495 e. The number of ether oxygens (including phenoxy) is 2. The fourth-order valence-electron chi connectivity index (χ4n) is 3.04. The van der Waals surface area contributed by atoms with Crippen molar-refractivity contribution in [3.63, 3.8) is 0 Å². The molecule has 0 spiro atoms. The van der Waals surface area contributed by atoms with Crippen LogP contribution in [0.3, 0.4) is 0 Å². The van der Waals surface area contributed by atoms with E-state index in [2.05, 4.69) is 48.6 Å². The number of nitrogens with one attached hydrogen (secondary N) is 1. The van der Waals surface area contributed by atoms with Crippen LogP contribution in [0.2, 0.25) is 0 Å². The second kappa shape index (κ2) is 7.40. The molecule has 2 aromatic rings. The average molecular weight is 311 g/mol. The number of aryl methyl sites for hydroxylation is 1. The SMILES string of the molecule is COc1ccc(C)cc1NCc1ccc(OC2CCCC2)cc1. The molecule has 0 aromatic heterocycles. The summed E-state index contributed by atoms with van der Waals surface area (Å²) in [7, 11) is 1.70. The van der Waals surface area contributed by atoms with E-state index in [1.165, 1.54) is 36.8 Å². The van der Waals surface area contributed by atoms with Gasteiger partial charge in [-0.1, -0.05) is 18.2 Å². The molecule has 0 atom stereocenters. The van der Waals surface area contributed by atoms with E-state index < -0.39 is 0 Å². The molecule has 1 fully saturated rings. The summed E-state index contributed by atoms with van der Waals surface area (Å²) >= 11 is 0. The zero-order valence-electron chi connectivity index (χ0n) is 14.0. The fraction of sp³-hybridized carbons (Fsp3) is 0.400. The average Bonchev–Trinajstić information content (AvgIpc) is 3.07. The molecule has 1 aliphatic rings. The summed E-state index contributed by atoms with van der Waals surface area (Å²) in [4.78, 5) is 0. The molecular weight excluding hydrogens is 286 g/mol. The minimum Gasteiger partial charge on any atom is -0.495 e. The molecule has 3 heteroatoms. The Labute approximate surface area is 138 Å². The van der Waals surface area contributed by atoms with Crippen molar-refractivity contribution in [2.24, 2.45) is 0 Å². The molecule has 3 rings (SSSR count). The van der Waals surface area contributed by atoms with Gasteiger partial charge in [0.15, 0.2) is 0 Å². The normalized spacial score (nSPS) is 14.7. The third kappa shape index (κ3) is 4.19. The van der Waals surface area contributed by atoms with Gasteiger partial charge in [-0.25, -0.2) is 0 Å². The van der Waals surface area contributed by atoms with Crippen LogP contribution in [-0.4, -0.2) is 13.2 Å². The highest BCUT2D eigenvalue weighted by Gasteiger charge is 2.16. The summed E-state index contributed by atoms with van der Waals surface area (Å²) in [5.41, 5.74) is 3.47. The number of hydrogen-bond acceptors (Lipinski definition) is 3. The summed E-state index contributed by atoms with van der Waals surface area (Å²) in [6, 6.07) is 14.6. The van der Waals surface area contributed by atoms with Crippen molar-refractivity contribution in [3.05, 3.63) is 53.6 Å². The highest BCUT2D eigenvalue weighted by atomic mass is 16.5. The van der Waals surface area contributed by atoms with Gasteiger partial charge < -0.3 is 14.8 Å². The molecule has 0 radical (unpaired) electrons. The predicted octanol–water partition coefficient (Wildman–Crippen LogP) is 4.94. The molecule has 0 aliphatic heterocycles. The van der Waals surface area contributed by atoms with E-state index in [1.54, 1.807) is 7.11 Å². The van der Waals surface area contributed by atoms with Gasteiger partial charge in [0.05, 0.1) is 18.9 Å². The number of anilines is 1. The Morgan fingerprint density at radius 2 is 1.78 bits per heavy atom. The van der Waals surface area contributed by atoms with Gasteiger partial charge in [-0.05, 0) is 68.0 Å². The first-order chi connectivity index (χ1) is 11.2. The summed E-state index contributed by atoms with van der Waals surface area (Å²) in [5.74, 6) is 1.85. The third-order valence-electron chi connectivity index (χ3n) is 4.37. The Morgan fingerprint density at radius 3 is 2.48 bits per heavy atom. The third-order valence-corrected chi connectivity index (χ3v) is 4.37. The maximum atomic E-state index is 6.00. The van der Waals surface area contributed by atoms with Gasteiger partial charge in [0.2, 0.25) is 0 Å². The lowest BCUT2D eigenvalue weighted by molar-refractivity contribution is 0.210. The second-order valence-corrected chi connectivity index (χ2v) is 6.23. The molecule has 122 valence electrons. The Morgan fingerprint density at radius 1 is 1.04 bits per heavy atom. The van der Waals surface area contributed by atoms with Crippen molar-refractivity contribution in [1.29, 1.82) is 0 Å². The molecular formula is C20H25NO2. The van der Waals surface area contributed by atoms with Crippen molar-refractivity contribution in [2.75, 3.05) is 12.4 Å². The maximum absolute atomic E-state index is 6.00. The lowest BCUT2D eigenvalue weighted by atomic mass is 10.1. The monoisotopic (exact) mass is 311 g/mol. The zero-order valence-corrected chi connectivity index (χ0v) is 14.0. The molecule has 0 amide bonds. The van der Waals surface area contributed by atoms with Crippen LogP contribution >= 0.6 is 0 Å². The van der Waals surface area contributed by atoms with Gasteiger partial charge >= 0.3 is 0 Å².